The Morgan fingerprint density at radius 1 is 1.15 bits per heavy atom. The van der Waals surface area contributed by atoms with E-state index in [0.717, 1.165) is 16.7 Å². The van der Waals surface area contributed by atoms with E-state index in [1.165, 1.54) is 13.2 Å². The SMILES string of the molecule is COc1cc(/C=C(\C#N)C(=O)Nc2cccc(C)c2C)cc(Br)c1OCc1ccc(Cl)c(Cl)c1. The fourth-order valence-electron chi connectivity index (χ4n) is 3.14. The van der Waals surface area contributed by atoms with Gasteiger partial charge in [-0.05, 0) is 88.4 Å². The van der Waals surface area contributed by atoms with Crippen molar-refractivity contribution in [3.63, 3.8) is 0 Å². The van der Waals surface area contributed by atoms with Crippen LogP contribution < -0.4 is 14.8 Å². The lowest BCUT2D eigenvalue weighted by Crippen LogP contribution is -2.14. The van der Waals surface area contributed by atoms with Crippen molar-refractivity contribution < 1.29 is 14.3 Å². The smallest absolute Gasteiger partial charge is 0.266 e. The summed E-state index contributed by atoms with van der Waals surface area (Å²) in [6, 6.07) is 16.3. The second-order valence-electron chi connectivity index (χ2n) is 7.44. The fourth-order valence-corrected chi connectivity index (χ4v) is 4.03. The molecule has 0 unspecified atom stereocenters. The molecule has 0 atom stereocenters. The van der Waals surface area contributed by atoms with E-state index in [-0.39, 0.29) is 12.2 Å². The Morgan fingerprint density at radius 2 is 1.91 bits per heavy atom. The van der Waals surface area contributed by atoms with Crippen LogP contribution in [0.25, 0.3) is 6.08 Å². The average molecular weight is 560 g/mol. The number of halogens is 3. The highest BCUT2D eigenvalue weighted by Gasteiger charge is 2.15. The van der Waals surface area contributed by atoms with E-state index in [4.69, 9.17) is 32.7 Å². The molecule has 0 heterocycles. The molecule has 1 amide bonds. The number of aryl methyl sites for hydroxylation is 1. The molecule has 3 rings (SSSR count). The van der Waals surface area contributed by atoms with Crippen LogP contribution in [0.1, 0.15) is 22.3 Å². The number of nitrogens with one attached hydrogen (secondary N) is 1. The molecule has 8 heteroatoms. The highest BCUT2D eigenvalue weighted by atomic mass is 79.9. The second-order valence-corrected chi connectivity index (χ2v) is 9.11. The molecule has 5 nitrogen and oxygen atoms in total. The van der Waals surface area contributed by atoms with Crippen molar-refractivity contribution in [1.29, 1.82) is 5.26 Å². The quantitative estimate of drug-likeness (QED) is 0.240. The summed E-state index contributed by atoms with van der Waals surface area (Å²) in [6.45, 7) is 4.11. The Balaban J connectivity index is 1.83. The van der Waals surface area contributed by atoms with Gasteiger partial charge in [-0.2, -0.15) is 5.26 Å². The van der Waals surface area contributed by atoms with Gasteiger partial charge in [-0.15, -0.1) is 0 Å². The third-order valence-corrected chi connectivity index (χ3v) is 6.48. The lowest BCUT2D eigenvalue weighted by molar-refractivity contribution is -0.112. The molecular formula is C26H21BrCl2N2O3. The van der Waals surface area contributed by atoms with Crippen molar-refractivity contribution in [1.82, 2.24) is 0 Å². The van der Waals surface area contributed by atoms with E-state index in [2.05, 4.69) is 21.2 Å². The number of anilines is 1. The van der Waals surface area contributed by atoms with Gasteiger partial charge in [0, 0.05) is 5.69 Å². The molecule has 0 saturated carbocycles. The van der Waals surface area contributed by atoms with Gasteiger partial charge in [0.05, 0.1) is 21.6 Å². The van der Waals surface area contributed by atoms with Crippen molar-refractivity contribution in [3.05, 3.63) is 90.9 Å². The number of rotatable bonds is 7. The van der Waals surface area contributed by atoms with Crippen LogP contribution in [0, 0.1) is 25.2 Å². The molecule has 0 radical (unpaired) electrons. The monoisotopic (exact) mass is 558 g/mol. The number of benzene rings is 3. The van der Waals surface area contributed by atoms with Crippen molar-refractivity contribution in [2.75, 3.05) is 12.4 Å². The van der Waals surface area contributed by atoms with Gasteiger partial charge in [0.25, 0.3) is 5.91 Å². The Labute approximate surface area is 217 Å². The average Bonchev–Trinajstić information content (AvgIpc) is 2.81. The summed E-state index contributed by atoms with van der Waals surface area (Å²) in [5.41, 5.74) is 4.04. The van der Waals surface area contributed by atoms with Crippen LogP contribution >= 0.6 is 39.1 Å². The van der Waals surface area contributed by atoms with Gasteiger partial charge >= 0.3 is 0 Å². The molecule has 3 aromatic carbocycles. The van der Waals surface area contributed by atoms with Gasteiger partial charge in [-0.25, -0.2) is 0 Å². The summed E-state index contributed by atoms with van der Waals surface area (Å²) in [4.78, 5) is 12.7. The maximum absolute atomic E-state index is 12.7. The minimum atomic E-state index is -0.494. The number of nitrogens with zero attached hydrogens (tertiary/aromatic N) is 1. The molecule has 174 valence electrons. The predicted octanol–water partition coefficient (Wildman–Crippen LogP) is 7.51. The zero-order valence-electron chi connectivity index (χ0n) is 18.7. The Kier molecular flexibility index (Phi) is 8.62. The highest BCUT2D eigenvalue weighted by molar-refractivity contribution is 9.10. The largest absolute Gasteiger partial charge is 0.493 e. The van der Waals surface area contributed by atoms with Crippen molar-refractivity contribution in [2.24, 2.45) is 0 Å². The van der Waals surface area contributed by atoms with Crippen LogP contribution in [0.4, 0.5) is 5.69 Å². The molecule has 0 bridgehead atoms. The fraction of sp³-hybridized carbons (Fsp3) is 0.154. The van der Waals surface area contributed by atoms with Crippen molar-refractivity contribution in [3.8, 4) is 17.6 Å². The van der Waals surface area contributed by atoms with Crippen LogP contribution in [0.15, 0.2) is 58.6 Å². The zero-order chi connectivity index (χ0) is 24.8. The number of nitriles is 1. The maximum Gasteiger partial charge on any atom is 0.266 e. The zero-order valence-corrected chi connectivity index (χ0v) is 21.8. The number of ether oxygens (including phenoxy) is 2. The van der Waals surface area contributed by atoms with Crippen LogP contribution in [0.5, 0.6) is 11.5 Å². The van der Waals surface area contributed by atoms with E-state index in [0.29, 0.717) is 37.3 Å². The summed E-state index contributed by atoms with van der Waals surface area (Å²) in [5.74, 6) is 0.420. The molecule has 0 aliphatic rings. The third kappa shape index (κ3) is 6.12. The third-order valence-electron chi connectivity index (χ3n) is 5.15. The Hall–Kier alpha value is -2.98. The van der Waals surface area contributed by atoms with Crippen molar-refractivity contribution >= 4 is 56.8 Å². The molecule has 0 aromatic heterocycles. The van der Waals surface area contributed by atoms with E-state index < -0.39 is 5.91 Å². The maximum atomic E-state index is 12.7. The summed E-state index contributed by atoms with van der Waals surface area (Å²) in [6.07, 6.45) is 1.50. The van der Waals surface area contributed by atoms with E-state index in [1.807, 2.05) is 38.1 Å². The first-order valence-corrected chi connectivity index (χ1v) is 11.7. The first kappa shape index (κ1) is 25.6. The molecule has 34 heavy (non-hydrogen) atoms. The Bertz CT molecular complexity index is 1320. The van der Waals surface area contributed by atoms with Gasteiger partial charge in [0.15, 0.2) is 11.5 Å². The van der Waals surface area contributed by atoms with Crippen LogP contribution in [-0.2, 0) is 11.4 Å². The normalized spacial score (nSPS) is 11.0. The van der Waals surface area contributed by atoms with E-state index in [9.17, 15) is 10.1 Å². The number of hydrogen-bond donors (Lipinski definition) is 1. The molecule has 0 aliphatic heterocycles. The molecule has 0 spiro atoms. The first-order valence-electron chi connectivity index (χ1n) is 10.2. The molecule has 1 N–H and O–H groups in total. The van der Waals surface area contributed by atoms with Crippen LogP contribution in [0.3, 0.4) is 0 Å². The number of amides is 1. The summed E-state index contributed by atoms with van der Waals surface area (Å²) >= 11 is 15.5. The number of hydrogen-bond acceptors (Lipinski definition) is 4. The lowest BCUT2D eigenvalue weighted by Gasteiger charge is -2.14. The number of carbonyl (C=O) groups is 1. The van der Waals surface area contributed by atoms with Crippen LogP contribution in [-0.4, -0.2) is 13.0 Å². The topological polar surface area (TPSA) is 71.3 Å². The molecule has 0 saturated heterocycles. The molecule has 3 aromatic rings. The highest BCUT2D eigenvalue weighted by Crippen LogP contribution is 2.38. The standard InChI is InChI=1S/C26H21BrCl2N2O3/c1-15-5-4-6-23(16(15)2)31-26(32)19(13-30)9-18-10-20(27)25(24(12-18)33-3)34-14-17-7-8-21(28)22(29)11-17/h4-12H,14H2,1-3H3,(H,31,32)/b19-9+. The minimum Gasteiger partial charge on any atom is -0.493 e. The van der Waals surface area contributed by atoms with E-state index in [1.54, 1.807) is 30.3 Å². The summed E-state index contributed by atoms with van der Waals surface area (Å²) in [7, 11) is 1.51. The second kappa shape index (κ2) is 11.4. The summed E-state index contributed by atoms with van der Waals surface area (Å²) in [5, 5.41) is 13.3. The predicted molar refractivity (Wildman–Crippen MR) is 140 cm³/mol. The number of methoxy groups -OCH3 is 1. The minimum absolute atomic E-state index is 0.0423. The van der Waals surface area contributed by atoms with Gasteiger partial charge in [0.2, 0.25) is 0 Å². The van der Waals surface area contributed by atoms with Gasteiger partial charge in [-0.3, -0.25) is 4.79 Å². The Morgan fingerprint density at radius 3 is 2.59 bits per heavy atom. The van der Waals surface area contributed by atoms with Crippen molar-refractivity contribution in [2.45, 2.75) is 20.5 Å². The van der Waals surface area contributed by atoms with Gasteiger partial charge in [0.1, 0.15) is 18.2 Å². The lowest BCUT2D eigenvalue weighted by atomic mass is 10.1. The number of carbonyl (C=O) groups excluding carboxylic acids is 1. The van der Waals surface area contributed by atoms with Gasteiger partial charge < -0.3 is 14.8 Å². The van der Waals surface area contributed by atoms with Crippen LogP contribution in [0.2, 0.25) is 10.0 Å². The van der Waals surface area contributed by atoms with Gasteiger partial charge in [-0.1, -0.05) is 41.4 Å². The molecular weight excluding hydrogens is 539 g/mol. The summed E-state index contributed by atoms with van der Waals surface area (Å²) < 4.78 is 12.0. The molecule has 0 aliphatic carbocycles. The first-order chi connectivity index (χ1) is 16.2. The molecule has 0 fully saturated rings. The van der Waals surface area contributed by atoms with E-state index >= 15 is 0 Å².